The Morgan fingerprint density at radius 1 is 1.33 bits per heavy atom. The highest BCUT2D eigenvalue weighted by atomic mass is 32.2. The summed E-state index contributed by atoms with van der Waals surface area (Å²) in [5, 5.41) is 12.3. The van der Waals surface area contributed by atoms with Crippen molar-refractivity contribution >= 4 is 9.84 Å². The summed E-state index contributed by atoms with van der Waals surface area (Å²) in [6.07, 6.45) is 1.02. The molecule has 0 saturated heterocycles. The van der Waals surface area contributed by atoms with Crippen LogP contribution in [0.2, 0.25) is 0 Å². The number of hydrogen-bond donors (Lipinski definition) is 2. The smallest absolute Gasteiger partial charge is 0.150 e. The van der Waals surface area contributed by atoms with Crippen LogP contribution in [0.15, 0.2) is 0 Å². The van der Waals surface area contributed by atoms with Gasteiger partial charge in [-0.05, 0) is 33.2 Å². The van der Waals surface area contributed by atoms with Crippen molar-refractivity contribution < 1.29 is 13.5 Å². The topological polar surface area (TPSA) is 66.4 Å². The predicted octanol–water partition coefficient (Wildman–Crippen LogP) is 0.560. The maximum Gasteiger partial charge on any atom is 0.150 e. The number of aliphatic hydroxyl groups excluding tert-OH is 1. The van der Waals surface area contributed by atoms with E-state index in [-0.39, 0.29) is 23.7 Å². The summed E-state index contributed by atoms with van der Waals surface area (Å²) in [7, 11) is -2.83. The predicted molar refractivity (Wildman–Crippen MR) is 62.7 cm³/mol. The summed E-state index contributed by atoms with van der Waals surface area (Å²) in [6, 6.07) is 0.231. The second-order valence-electron chi connectivity index (χ2n) is 4.03. The van der Waals surface area contributed by atoms with E-state index in [9.17, 15) is 8.42 Å². The van der Waals surface area contributed by atoms with E-state index in [1.807, 2.05) is 6.92 Å². The standard InChI is InChI=1S/C10H23NO3S/c1-4-15(13,14)7-5-6-11-9(2)8-10(3)12/h9-12H,4-8H2,1-3H3. The molecule has 0 saturated carbocycles. The Hall–Kier alpha value is -0.130. The minimum absolute atomic E-state index is 0.218. The van der Waals surface area contributed by atoms with Gasteiger partial charge in [0.1, 0.15) is 9.84 Å². The molecule has 0 bridgehead atoms. The molecule has 0 rings (SSSR count). The number of rotatable bonds is 8. The number of hydrogen-bond acceptors (Lipinski definition) is 4. The van der Waals surface area contributed by atoms with Crippen LogP contribution in [0.25, 0.3) is 0 Å². The molecular weight excluding hydrogens is 214 g/mol. The lowest BCUT2D eigenvalue weighted by Crippen LogP contribution is -2.31. The van der Waals surface area contributed by atoms with Gasteiger partial charge in [0, 0.05) is 11.8 Å². The van der Waals surface area contributed by atoms with Gasteiger partial charge >= 0.3 is 0 Å². The van der Waals surface area contributed by atoms with Crippen molar-refractivity contribution in [1.29, 1.82) is 0 Å². The van der Waals surface area contributed by atoms with Crippen molar-refractivity contribution in [3.63, 3.8) is 0 Å². The lowest BCUT2D eigenvalue weighted by atomic mass is 10.1. The maximum atomic E-state index is 11.2. The Balaban J connectivity index is 3.55. The molecule has 0 aromatic carbocycles. The van der Waals surface area contributed by atoms with Gasteiger partial charge in [-0.25, -0.2) is 8.42 Å². The average Bonchev–Trinajstić information content (AvgIpc) is 2.11. The number of nitrogens with one attached hydrogen (secondary N) is 1. The van der Waals surface area contributed by atoms with Crippen LogP contribution in [0, 0.1) is 0 Å². The van der Waals surface area contributed by atoms with E-state index >= 15 is 0 Å². The molecule has 0 aromatic heterocycles. The van der Waals surface area contributed by atoms with Crippen molar-refractivity contribution in [2.45, 2.75) is 45.8 Å². The second kappa shape index (κ2) is 7.19. The highest BCUT2D eigenvalue weighted by Crippen LogP contribution is 1.97. The highest BCUT2D eigenvalue weighted by molar-refractivity contribution is 7.91. The van der Waals surface area contributed by atoms with Gasteiger partial charge in [-0.1, -0.05) is 6.92 Å². The summed E-state index contributed by atoms with van der Waals surface area (Å²) >= 11 is 0. The first-order chi connectivity index (χ1) is 6.87. The Labute approximate surface area is 93.0 Å². The molecule has 4 nitrogen and oxygen atoms in total. The highest BCUT2D eigenvalue weighted by Gasteiger charge is 2.08. The third-order valence-corrected chi connectivity index (χ3v) is 4.05. The van der Waals surface area contributed by atoms with Crippen LogP contribution in [-0.2, 0) is 9.84 Å². The minimum atomic E-state index is -2.83. The van der Waals surface area contributed by atoms with Gasteiger partial charge in [-0.15, -0.1) is 0 Å². The van der Waals surface area contributed by atoms with Gasteiger partial charge < -0.3 is 10.4 Å². The molecule has 0 fully saturated rings. The first-order valence-electron chi connectivity index (χ1n) is 5.49. The molecule has 92 valence electrons. The van der Waals surface area contributed by atoms with E-state index in [2.05, 4.69) is 5.32 Å². The van der Waals surface area contributed by atoms with E-state index in [1.165, 1.54) is 0 Å². The van der Waals surface area contributed by atoms with Crippen LogP contribution in [0.1, 0.15) is 33.6 Å². The van der Waals surface area contributed by atoms with Crippen molar-refractivity contribution in [3.8, 4) is 0 Å². The molecule has 0 spiro atoms. The van der Waals surface area contributed by atoms with Crippen molar-refractivity contribution in [2.24, 2.45) is 0 Å². The zero-order chi connectivity index (χ0) is 11.9. The molecule has 0 aliphatic carbocycles. The Morgan fingerprint density at radius 2 is 1.93 bits per heavy atom. The molecule has 2 atom stereocenters. The second-order valence-corrected chi connectivity index (χ2v) is 6.50. The normalized spacial score (nSPS) is 16.3. The fraction of sp³-hybridized carbons (Fsp3) is 1.00. The molecule has 0 radical (unpaired) electrons. The molecule has 5 heteroatoms. The molecule has 0 aliphatic heterocycles. The van der Waals surface area contributed by atoms with Gasteiger partial charge in [-0.3, -0.25) is 0 Å². The van der Waals surface area contributed by atoms with E-state index in [0.717, 1.165) is 0 Å². The van der Waals surface area contributed by atoms with Crippen LogP contribution in [0.5, 0.6) is 0 Å². The lowest BCUT2D eigenvalue weighted by Gasteiger charge is -2.15. The maximum absolute atomic E-state index is 11.2. The fourth-order valence-electron chi connectivity index (χ4n) is 1.38. The molecule has 2 N–H and O–H groups in total. The molecular formula is C10H23NO3S. The fourth-order valence-corrected chi connectivity index (χ4v) is 2.25. The minimum Gasteiger partial charge on any atom is -0.393 e. The van der Waals surface area contributed by atoms with Crippen LogP contribution >= 0.6 is 0 Å². The molecule has 15 heavy (non-hydrogen) atoms. The zero-order valence-corrected chi connectivity index (χ0v) is 10.7. The average molecular weight is 237 g/mol. The third kappa shape index (κ3) is 8.84. The SMILES string of the molecule is CCS(=O)(=O)CCCNC(C)CC(C)O. The van der Waals surface area contributed by atoms with Crippen molar-refractivity contribution in [2.75, 3.05) is 18.1 Å². The quantitative estimate of drug-likeness (QED) is 0.605. The van der Waals surface area contributed by atoms with Gasteiger partial charge in [0.15, 0.2) is 0 Å². The van der Waals surface area contributed by atoms with E-state index in [1.54, 1.807) is 13.8 Å². The summed E-state index contributed by atoms with van der Waals surface area (Å²) in [5.74, 6) is 0.466. The summed E-state index contributed by atoms with van der Waals surface area (Å²) in [4.78, 5) is 0. The summed E-state index contributed by atoms with van der Waals surface area (Å²) in [6.45, 7) is 6.09. The van der Waals surface area contributed by atoms with Gasteiger partial charge in [0.2, 0.25) is 0 Å². The van der Waals surface area contributed by atoms with Crippen LogP contribution in [0.4, 0.5) is 0 Å². The largest absolute Gasteiger partial charge is 0.393 e. The van der Waals surface area contributed by atoms with E-state index in [0.29, 0.717) is 19.4 Å². The van der Waals surface area contributed by atoms with Crippen LogP contribution in [-0.4, -0.2) is 43.7 Å². The molecule has 0 heterocycles. The molecule has 2 unspecified atom stereocenters. The molecule has 0 amide bonds. The molecule has 0 aliphatic rings. The van der Waals surface area contributed by atoms with Crippen molar-refractivity contribution in [3.05, 3.63) is 0 Å². The Bertz CT molecular complexity index is 249. The van der Waals surface area contributed by atoms with E-state index < -0.39 is 9.84 Å². The zero-order valence-electron chi connectivity index (χ0n) is 9.86. The molecule has 0 aromatic rings. The summed E-state index contributed by atoms with van der Waals surface area (Å²) < 4.78 is 22.3. The Morgan fingerprint density at radius 3 is 2.40 bits per heavy atom. The lowest BCUT2D eigenvalue weighted by molar-refractivity contribution is 0.171. The van der Waals surface area contributed by atoms with Gasteiger partial charge in [0.25, 0.3) is 0 Å². The third-order valence-electron chi connectivity index (χ3n) is 2.26. The summed E-state index contributed by atoms with van der Waals surface area (Å²) in [5.41, 5.74) is 0. The van der Waals surface area contributed by atoms with E-state index in [4.69, 9.17) is 5.11 Å². The number of aliphatic hydroxyl groups is 1. The van der Waals surface area contributed by atoms with Gasteiger partial charge in [-0.2, -0.15) is 0 Å². The first-order valence-corrected chi connectivity index (χ1v) is 7.31. The van der Waals surface area contributed by atoms with Crippen molar-refractivity contribution in [1.82, 2.24) is 5.32 Å². The Kier molecular flexibility index (Phi) is 7.13. The van der Waals surface area contributed by atoms with Gasteiger partial charge in [0.05, 0.1) is 11.9 Å². The first kappa shape index (κ1) is 14.9. The monoisotopic (exact) mass is 237 g/mol. The number of sulfone groups is 1. The van der Waals surface area contributed by atoms with Crippen LogP contribution < -0.4 is 5.32 Å². The van der Waals surface area contributed by atoms with Crippen LogP contribution in [0.3, 0.4) is 0 Å².